The molecule has 0 aromatic heterocycles. The van der Waals surface area contributed by atoms with E-state index in [-0.39, 0.29) is 65.7 Å². The van der Waals surface area contributed by atoms with Crippen molar-refractivity contribution in [1.29, 1.82) is 0 Å². The van der Waals surface area contributed by atoms with Crippen LogP contribution in [0.1, 0.15) is 141 Å². The van der Waals surface area contributed by atoms with Crippen LogP contribution in [0.15, 0.2) is 12.2 Å². The van der Waals surface area contributed by atoms with Crippen molar-refractivity contribution in [2.45, 2.75) is 165 Å². The zero-order valence-electron chi connectivity index (χ0n) is 41.5. The Balaban J connectivity index is 0.000000589. The summed E-state index contributed by atoms with van der Waals surface area (Å²) in [6, 6.07) is 0. The molecule has 3 aliphatic heterocycles. The average Bonchev–Trinajstić information content (AvgIpc) is 3.57. The third kappa shape index (κ3) is 12.5. The van der Waals surface area contributed by atoms with Gasteiger partial charge in [0.1, 0.15) is 12.7 Å². The van der Waals surface area contributed by atoms with Crippen molar-refractivity contribution in [2.24, 2.45) is 38.4 Å². The number of carboxylic acid groups (broad SMARTS) is 1. The van der Waals surface area contributed by atoms with Gasteiger partial charge in [-0.3, -0.25) is 14.4 Å². The van der Waals surface area contributed by atoms with Crippen LogP contribution in [0.25, 0.3) is 0 Å². The Labute approximate surface area is 373 Å². The molecule has 0 aromatic carbocycles. The predicted molar refractivity (Wildman–Crippen MR) is 235 cm³/mol. The molecule has 0 aliphatic carbocycles. The number of methoxy groups -OCH3 is 4. The van der Waals surface area contributed by atoms with Crippen LogP contribution >= 0.6 is 0 Å². The van der Waals surface area contributed by atoms with Crippen LogP contribution in [0.5, 0.6) is 0 Å². The number of carbonyl (C=O) groups is 4. The van der Waals surface area contributed by atoms with Gasteiger partial charge in [0.05, 0.1) is 69.1 Å². The molecule has 7 unspecified atom stereocenters. The molecule has 0 bridgehead atoms. The monoisotopic (exact) mass is 886 g/mol. The quantitative estimate of drug-likeness (QED) is 0.0592. The standard InChI is InChI=1S/C28H50O7.C16H32O4.C4H4O3/c1-10-11-12-13-14-15-16-21(17-23(29)30)24(31)34-18-22-27(6,19-32-8)25(2,3)26(4,5)28(7,35-22)20-33-9;1-13(2)14(3,4)16(6,11-19-8)20-12(9-17)15(13,5)10-18-7;5-3-1-2-4(6)7-3/h14-15,21-22H,10-13,16-20H2,1-9H3,(H,29,30);12,17H,9-11H2,1-8H3;1-2H2/p-1. The number of esters is 3. The van der Waals surface area contributed by atoms with Crippen LogP contribution in [0.2, 0.25) is 0 Å². The van der Waals surface area contributed by atoms with E-state index >= 15 is 0 Å². The van der Waals surface area contributed by atoms with Gasteiger partial charge in [-0.1, -0.05) is 101 Å². The zero-order chi connectivity index (χ0) is 48.0. The summed E-state index contributed by atoms with van der Waals surface area (Å²) in [6.07, 6.45) is 7.86. The zero-order valence-corrected chi connectivity index (χ0v) is 41.5. The second-order valence-corrected chi connectivity index (χ2v) is 20.4. The predicted octanol–water partition coefficient (Wildman–Crippen LogP) is 6.66. The van der Waals surface area contributed by atoms with Gasteiger partial charge in [-0.25, -0.2) is 0 Å². The Morgan fingerprint density at radius 3 is 1.50 bits per heavy atom. The molecule has 0 amide bonds. The lowest BCUT2D eigenvalue weighted by atomic mass is 9.46. The number of aliphatic hydroxyl groups is 1. The van der Waals surface area contributed by atoms with Crippen molar-refractivity contribution in [1.82, 2.24) is 0 Å². The SMILES string of the molecule is CCCCCC=CCC(CC(=O)[O-])C(=O)OCC1OC(C)(COC)C(C)(C)C(C)(C)C1(C)COC.COCC1(C)OC(CO)C(C)(COC)C(C)(C)C1(C)C.O=C1CCC(=O)O1. The van der Waals surface area contributed by atoms with Crippen LogP contribution in [-0.2, 0) is 57.1 Å². The Kier molecular flexibility index (Phi) is 21.9. The van der Waals surface area contributed by atoms with Gasteiger partial charge in [0.15, 0.2) is 0 Å². The van der Waals surface area contributed by atoms with Gasteiger partial charge < -0.3 is 52.9 Å². The smallest absolute Gasteiger partial charge is 0.314 e. The van der Waals surface area contributed by atoms with Gasteiger partial charge in [-0.15, -0.1) is 0 Å². The highest BCUT2D eigenvalue weighted by Crippen LogP contribution is 2.64. The van der Waals surface area contributed by atoms with Gasteiger partial charge in [-0.2, -0.15) is 0 Å². The lowest BCUT2D eigenvalue weighted by molar-refractivity contribution is -0.322. The molecule has 14 heteroatoms. The molecule has 362 valence electrons. The summed E-state index contributed by atoms with van der Waals surface area (Å²) in [5.74, 6) is -3.41. The number of allylic oxidation sites excluding steroid dienone is 2. The third-order valence-electron chi connectivity index (χ3n) is 16.2. The minimum absolute atomic E-state index is 0.00126. The van der Waals surface area contributed by atoms with E-state index in [2.05, 4.69) is 87.8 Å². The van der Waals surface area contributed by atoms with E-state index < -0.39 is 52.5 Å². The van der Waals surface area contributed by atoms with Crippen LogP contribution in [-0.4, -0.2) is 120 Å². The number of hydrogen-bond acceptors (Lipinski definition) is 14. The summed E-state index contributed by atoms with van der Waals surface area (Å²) < 4.78 is 44.8. The summed E-state index contributed by atoms with van der Waals surface area (Å²) in [5.41, 5.74) is -2.68. The Morgan fingerprint density at radius 1 is 0.694 bits per heavy atom. The number of unbranched alkanes of at least 4 members (excludes halogenated alkanes) is 3. The first-order valence-electron chi connectivity index (χ1n) is 22.2. The Hall–Kier alpha value is -2.46. The van der Waals surface area contributed by atoms with E-state index in [0.29, 0.717) is 32.8 Å². The molecular formula is C48H85O14-. The number of ether oxygens (including phenoxy) is 8. The molecule has 0 spiro atoms. The van der Waals surface area contributed by atoms with Gasteiger partial charge in [0, 0.05) is 62.5 Å². The normalized spacial score (nSPS) is 31.3. The highest BCUT2D eigenvalue weighted by Gasteiger charge is 2.67. The number of cyclic esters (lactones) is 2. The molecule has 0 radical (unpaired) electrons. The minimum Gasteiger partial charge on any atom is -0.550 e. The molecule has 3 aliphatic rings. The summed E-state index contributed by atoms with van der Waals surface area (Å²) >= 11 is 0. The molecule has 1 N–H and O–H groups in total. The van der Waals surface area contributed by atoms with Crippen molar-refractivity contribution in [3.63, 3.8) is 0 Å². The maximum absolute atomic E-state index is 13.0. The van der Waals surface area contributed by atoms with E-state index in [9.17, 15) is 29.4 Å². The molecule has 3 fully saturated rings. The van der Waals surface area contributed by atoms with Gasteiger partial charge in [-0.05, 0) is 43.9 Å². The number of carbonyl (C=O) groups excluding carboxylic acids is 4. The summed E-state index contributed by atoms with van der Waals surface area (Å²) in [6.45, 7) is 30.0. The Bertz CT molecular complexity index is 1460. The van der Waals surface area contributed by atoms with Crippen LogP contribution in [0, 0.1) is 38.4 Å². The van der Waals surface area contributed by atoms with Crippen LogP contribution in [0.3, 0.4) is 0 Å². The summed E-state index contributed by atoms with van der Waals surface area (Å²) in [7, 11) is 6.69. The number of aliphatic carboxylic acids is 1. The van der Waals surface area contributed by atoms with Gasteiger partial charge >= 0.3 is 17.9 Å². The molecule has 0 aromatic rings. The first kappa shape index (κ1) is 57.6. The number of hydrogen-bond donors (Lipinski definition) is 1. The number of carboxylic acids is 1. The molecule has 3 heterocycles. The fraction of sp³-hybridized carbons (Fsp3) is 0.875. The highest BCUT2D eigenvalue weighted by atomic mass is 16.6. The number of rotatable bonds is 20. The van der Waals surface area contributed by atoms with Crippen LogP contribution in [0.4, 0.5) is 0 Å². The highest BCUT2D eigenvalue weighted by molar-refractivity contribution is 5.92. The van der Waals surface area contributed by atoms with E-state index in [1.165, 1.54) is 0 Å². The molecular weight excluding hydrogens is 801 g/mol. The van der Waals surface area contributed by atoms with Crippen LogP contribution < -0.4 is 5.11 Å². The van der Waals surface area contributed by atoms with Gasteiger partial charge in [0.25, 0.3) is 0 Å². The van der Waals surface area contributed by atoms with Gasteiger partial charge in [0.2, 0.25) is 0 Å². The molecule has 3 saturated heterocycles. The lowest BCUT2D eigenvalue weighted by Gasteiger charge is -2.66. The fourth-order valence-electron chi connectivity index (χ4n) is 9.38. The average molecular weight is 886 g/mol. The lowest BCUT2D eigenvalue weighted by Crippen LogP contribution is -2.71. The van der Waals surface area contributed by atoms with Crippen molar-refractivity contribution in [3.05, 3.63) is 12.2 Å². The second kappa shape index (κ2) is 23.6. The minimum atomic E-state index is -1.26. The summed E-state index contributed by atoms with van der Waals surface area (Å²) in [5, 5.41) is 21.1. The first-order valence-corrected chi connectivity index (χ1v) is 22.2. The van der Waals surface area contributed by atoms with Crippen molar-refractivity contribution < 1.29 is 67.3 Å². The van der Waals surface area contributed by atoms with Crippen molar-refractivity contribution in [3.8, 4) is 0 Å². The topological polar surface area (TPSA) is 185 Å². The number of aliphatic hydroxyl groups excluding tert-OH is 1. The van der Waals surface area contributed by atoms with E-state index in [1.807, 2.05) is 19.1 Å². The maximum Gasteiger partial charge on any atom is 0.314 e. The molecule has 14 nitrogen and oxygen atoms in total. The molecule has 7 atom stereocenters. The molecule has 3 rings (SSSR count). The maximum atomic E-state index is 13.0. The molecule has 62 heavy (non-hydrogen) atoms. The van der Waals surface area contributed by atoms with E-state index in [0.717, 1.165) is 25.7 Å². The second-order valence-electron chi connectivity index (χ2n) is 20.4. The summed E-state index contributed by atoms with van der Waals surface area (Å²) in [4.78, 5) is 44.3. The Morgan fingerprint density at radius 2 is 1.13 bits per heavy atom. The van der Waals surface area contributed by atoms with E-state index in [1.54, 1.807) is 28.4 Å². The van der Waals surface area contributed by atoms with E-state index in [4.69, 9.17) is 33.2 Å². The largest absolute Gasteiger partial charge is 0.550 e. The van der Waals surface area contributed by atoms with Crippen molar-refractivity contribution >= 4 is 23.9 Å². The first-order chi connectivity index (χ1) is 28.6. The molecule has 0 saturated carbocycles. The fourth-order valence-corrected chi connectivity index (χ4v) is 9.38. The van der Waals surface area contributed by atoms with Crippen molar-refractivity contribution in [2.75, 3.05) is 68.1 Å². The third-order valence-corrected chi connectivity index (χ3v) is 16.2.